The van der Waals surface area contributed by atoms with Crippen LogP contribution in [0.1, 0.15) is 11.7 Å². The van der Waals surface area contributed by atoms with Gasteiger partial charge in [-0.15, -0.1) is 0 Å². The molecule has 0 amide bonds. The summed E-state index contributed by atoms with van der Waals surface area (Å²) in [6.07, 6.45) is -0.448. The number of para-hydroxylation sites is 2. The van der Waals surface area contributed by atoms with Crippen molar-refractivity contribution in [2.24, 2.45) is 10.7 Å². The van der Waals surface area contributed by atoms with Crippen molar-refractivity contribution in [2.75, 3.05) is 19.0 Å². The molecule has 0 spiro atoms. The van der Waals surface area contributed by atoms with E-state index in [1.807, 2.05) is 28.8 Å². The number of carboxylic acid groups (broad SMARTS) is 1. The van der Waals surface area contributed by atoms with Gasteiger partial charge in [0.05, 0.1) is 18.1 Å². The highest BCUT2D eigenvalue weighted by Crippen LogP contribution is 2.36. The molecule has 0 aliphatic carbocycles. The first-order valence-corrected chi connectivity index (χ1v) is 8.16. The lowest BCUT2D eigenvalue weighted by Crippen LogP contribution is -2.31. The summed E-state index contributed by atoms with van der Waals surface area (Å²) in [6, 6.07) is 12.9. The van der Waals surface area contributed by atoms with E-state index in [4.69, 9.17) is 20.3 Å². The molecule has 0 bridgehead atoms. The van der Waals surface area contributed by atoms with Crippen LogP contribution in [0.15, 0.2) is 47.5 Å². The summed E-state index contributed by atoms with van der Waals surface area (Å²) >= 11 is 0. The van der Waals surface area contributed by atoms with Crippen molar-refractivity contribution in [2.45, 2.75) is 6.17 Å². The van der Waals surface area contributed by atoms with E-state index in [1.54, 1.807) is 18.2 Å². The SMILES string of the molecule is COc1cc([C@@H]2N=C(N)Nc3nc4ccccc4n32)ccc1OCC(=O)O. The minimum atomic E-state index is -1.06. The zero-order valence-corrected chi connectivity index (χ0v) is 14.4. The summed E-state index contributed by atoms with van der Waals surface area (Å²) in [7, 11) is 1.49. The number of guanidine groups is 1. The average molecular weight is 367 g/mol. The topological polar surface area (TPSA) is 124 Å². The summed E-state index contributed by atoms with van der Waals surface area (Å²) in [5.74, 6) is 0.538. The maximum atomic E-state index is 10.7. The first-order chi connectivity index (χ1) is 13.1. The van der Waals surface area contributed by atoms with Gasteiger partial charge < -0.3 is 20.3 Å². The third-order valence-electron chi connectivity index (χ3n) is 4.18. The number of methoxy groups -OCH3 is 1. The highest BCUT2D eigenvalue weighted by atomic mass is 16.5. The number of hydrogen-bond donors (Lipinski definition) is 3. The largest absolute Gasteiger partial charge is 0.493 e. The molecule has 4 rings (SSSR count). The first kappa shape index (κ1) is 16.7. The van der Waals surface area contributed by atoms with E-state index >= 15 is 0 Å². The molecule has 9 heteroatoms. The first-order valence-electron chi connectivity index (χ1n) is 8.16. The van der Waals surface area contributed by atoms with Crippen molar-refractivity contribution in [3.05, 3.63) is 48.0 Å². The van der Waals surface area contributed by atoms with Crippen molar-refractivity contribution in [3.8, 4) is 11.5 Å². The van der Waals surface area contributed by atoms with E-state index in [-0.39, 0.29) is 5.96 Å². The molecule has 27 heavy (non-hydrogen) atoms. The smallest absolute Gasteiger partial charge is 0.341 e. The Kier molecular flexibility index (Phi) is 4.03. The van der Waals surface area contributed by atoms with Gasteiger partial charge in [0.2, 0.25) is 5.95 Å². The number of nitrogens with zero attached hydrogens (tertiary/aromatic N) is 3. The van der Waals surface area contributed by atoms with Crippen molar-refractivity contribution in [1.82, 2.24) is 9.55 Å². The van der Waals surface area contributed by atoms with Gasteiger partial charge in [0.15, 0.2) is 30.2 Å². The Hall–Kier alpha value is -3.75. The molecule has 138 valence electrons. The Balaban J connectivity index is 1.79. The van der Waals surface area contributed by atoms with Crippen molar-refractivity contribution in [3.63, 3.8) is 0 Å². The van der Waals surface area contributed by atoms with Crippen LogP contribution in [0, 0.1) is 0 Å². The number of carboxylic acids is 1. The number of nitrogens with two attached hydrogens (primary N) is 1. The third kappa shape index (κ3) is 2.99. The van der Waals surface area contributed by atoms with Crippen molar-refractivity contribution >= 4 is 28.9 Å². The molecule has 0 radical (unpaired) electrons. The van der Waals surface area contributed by atoms with E-state index in [2.05, 4.69) is 15.3 Å². The molecule has 1 aromatic heterocycles. The number of benzene rings is 2. The fourth-order valence-corrected chi connectivity index (χ4v) is 3.04. The number of fused-ring (bicyclic) bond motifs is 3. The van der Waals surface area contributed by atoms with Gasteiger partial charge in [-0.1, -0.05) is 18.2 Å². The Morgan fingerprint density at radius 1 is 1.30 bits per heavy atom. The van der Waals surface area contributed by atoms with Crippen LogP contribution >= 0.6 is 0 Å². The number of ether oxygens (including phenoxy) is 2. The van der Waals surface area contributed by atoms with E-state index in [0.717, 1.165) is 16.6 Å². The Labute approximate surface area is 154 Å². The number of nitrogens with one attached hydrogen (secondary N) is 1. The number of hydrogen-bond acceptors (Lipinski definition) is 7. The van der Waals surface area contributed by atoms with Gasteiger partial charge in [-0.25, -0.2) is 14.8 Å². The number of imidazole rings is 1. The molecule has 0 saturated heterocycles. The van der Waals surface area contributed by atoms with Gasteiger partial charge in [0.1, 0.15) is 0 Å². The molecule has 1 aliphatic heterocycles. The van der Waals surface area contributed by atoms with Gasteiger partial charge in [-0.3, -0.25) is 9.88 Å². The predicted molar refractivity (Wildman–Crippen MR) is 99.2 cm³/mol. The summed E-state index contributed by atoms with van der Waals surface area (Å²) in [5.41, 5.74) is 8.47. The third-order valence-corrected chi connectivity index (χ3v) is 4.18. The summed E-state index contributed by atoms with van der Waals surface area (Å²) in [4.78, 5) is 19.8. The maximum Gasteiger partial charge on any atom is 0.341 e. The zero-order chi connectivity index (χ0) is 19.0. The van der Waals surface area contributed by atoms with Crippen LogP contribution < -0.4 is 20.5 Å². The van der Waals surface area contributed by atoms with Crippen molar-refractivity contribution in [1.29, 1.82) is 0 Å². The second kappa shape index (κ2) is 6.52. The molecule has 9 nitrogen and oxygen atoms in total. The van der Waals surface area contributed by atoms with Crippen LogP contribution in [0.4, 0.5) is 5.95 Å². The molecule has 2 heterocycles. The molecule has 2 aromatic carbocycles. The standard InChI is InChI=1S/C18H17N5O4/c1-26-14-8-10(6-7-13(14)27-9-15(24)25)16-21-17(19)22-18-20-11-4-2-3-5-12(11)23(16)18/h2-8,16H,9H2,1H3,(H,24,25)(H3,19,20,21,22)/t16-/m1/s1. The van der Waals surface area contributed by atoms with Gasteiger partial charge in [0.25, 0.3) is 0 Å². The second-order valence-corrected chi connectivity index (χ2v) is 5.90. The molecule has 1 aliphatic rings. The predicted octanol–water partition coefficient (Wildman–Crippen LogP) is 1.80. The summed E-state index contributed by atoms with van der Waals surface area (Å²) < 4.78 is 12.6. The van der Waals surface area contributed by atoms with Crippen LogP contribution in [0.2, 0.25) is 0 Å². The van der Waals surface area contributed by atoms with Crippen molar-refractivity contribution < 1.29 is 19.4 Å². The lowest BCUT2D eigenvalue weighted by atomic mass is 10.1. The Morgan fingerprint density at radius 2 is 2.11 bits per heavy atom. The van der Waals surface area contributed by atoms with E-state index in [9.17, 15) is 4.79 Å². The lowest BCUT2D eigenvalue weighted by Gasteiger charge is -2.24. The van der Waals surface area contributed by atoms with Crippen LogP contribution in [0.3, 0.4) is 0 Å². The maximum absolute atomic E-state index is 10.7. The van der Waals surface area contributed by atoms with E-state index in [1.165, 1.54) is 7.11 Å². The van der Waals surface area contributed by atoms with Gasteiger partial charge in [-0.2, -0.15) is 0 Å². The van der Waals surface area contributed by atoms with Crippen LogP contribution in [-0.4, -0.2) is 40.3 Å². The summed E-state index contributed by atoms with van der Waals surface area (Å²) in [5, 5.41) is 11.8. The highest BCUT2D eigenvalue weighted by molar-refractivity contribution is 5.94. The average Bonchev–Trinajstić information content (AvgIpc) is 3.03. The van der Waals surface area contributed by atoms with Crippen LogP contribution in [0.5, 0.6) is 11.5 Å². The quantitative estimate of drug-likeness (QED) is 0.628. The molecule has 1 atom stereocenters. The number of anilines is 1. The fraction of sp³-hybridized carbons (Fsp3) is 0.167. The number of aliphatic imine (C=N–C) groups is 1. The number of carbonyl (C=O) groups is 1. The molecular formula is C18H17N5O4. The van der Waals surface area contributed by atoms with Crippen LogP contribution in [0.25, 0.3) is 11.0 Å². The normalized spacial score (nSPS) is 15.6. The summed E-state index contributed by atoms with van der Waals surface area (Å²) in [6.45, 7) is -0.454. The van der Waals surface area contributed by atoms with Gasteiger partial charge in [0, 0.05) is 5.56 Å². The van der Waals surface area contributed by atoms with Gasteiger partial charge >= 0.3 is 5.97 Å². The van der Waals surface area contributed by atoms with E-state index in [0.29, 0.717) is 17.4 Å². The van der Waals surface area contributed by atoms with Gasteiger partial charge in [-0.05, 0) is 24.3 Å². The minimum absolute atomic E-state index is 0.257. The van der Waals surface area contributed by atoms with E-state index < -0.39 is 18.7 Å². The number of aromatic nitrogens is 2. The fourth-order valence-electron chi connectivity index (χ4n) is 3.04. The molecule has 3 aromatic rings. The number of aliphatic carboxylic acids is 1. The monoisotopic (exact) mass is 367 g/mol. The molecule has 0 unspecified atom stereocenters. The minimum Gasteiger partial charge on any atom is -0.493 e. The molecule has 0 fully saturated rings. The Bertz CT molecular complexity index is 1060. The molecule has 4 N–H and O–H groups in total. The highest BCUT2D eigenvalue weighted by Gasteiger charge is 2.26. The Morgan fingerprint density at radius 3 is 2.89 bits per heavy atom. The number of rotatable bonds is 5. The van der Waals surface area contributed by atoms with Crippen LogP contribution in [-0.2, 0) is 4.79 Å². The zero-order valence-electron chi connectivity index (χ0n) is 14.4. The lowest BCUT2D eigenvalue weighted by molar-refractivity contribution is -0.139. The second-order valence-electron chi connectivity index (χ2n) is 5.90. The molecular weight excluding hydrogens is 350 g/mol. The molecule has 0 saturated carbocycles.